The molecule has 0 spiro atoms. The Morgan fingerprint density at radius 2 is 1.83 bits per heavy atom. The van der Waals surface area contributed by atoms with Crippen LogP contribution in [0.1, 0.15) is 72.5 Å². The zero-order valence-electron chi connectivity index (χ0n) is 17.5. The number of ether oxygens (including phenoxy) is 1. The predicted octanol–water partition coefficient (Wildman–Crippen LogP) is 5.07. The summed E-state index contributed by atoms with van der Waals surface area (Å²) in [5.74, 6) is 0.171. The zero-order valence-corrected chi connectivity index (χ0v) is 17.5. The van der Waals surface area contributed by atoms with Crippen LogP contribution < -0.4 is 10.1 Å². The number of para-hydroxylation sites is 1. The summed E-state index contributed by atoms with van der Waals surface area (Å²) in [6, 6.07) is 13.6. The molecule has 0 unspecified atom stereocenters. The van der Waals surface area contributed by atoms with Gasteiger partial charge in [-0.15, -0.1) is 0 Å². The number of aliphatic carboxylic acids is 1. The van der Waals surface area contributed by atoms with Crippen LogP contribution in [0.3, 0.4) is 0 Å². The average molecular weight is 398 g/mol. The lowest BCUT2D eigenvalue weighted by molar-refractivity contribution is -0.137. The maximum atomic E-state index is 12.8. The summed E-state index contributed by atoms with van der Waals surface area (Å²) in [6.07, 6.45) is 2.47. The molecule has 5 heteroatoms. The Labute approximate surface area is 173 Å². The molecule has 0 saturated heterocycles. The van der Waals surface area contributed by atoms with E-state index in [9.17, 15) is 9.59 Å². The molecular formula is C24H31NO4. The number of carbonyl (C=O) groups excluding carboxylic acids is 1. The van der Waals surface area contributed by atoms with Crippen LogP contribution in [-0.2, 0) is 11.3 Å². The number of carboxylic acids is 1. The lowest BCUT2D eigenvalue weighted by Crippen LogP contribution is -2.24. The fraction of sp³-hybridized carbons (Fsp3) is 0.417. The van der Waals surface area contributed by atoms with Gasteiger partial charge < -0.3 is 15.2 Å². The number of carboxylic acid groups (broad SMARTS) is 1. The van der Waals surface area contributed by atoms with Gasteiger partial charge in [0.2, 0.25) is 0 Å². The van der Waals surface area contributed by atoms with Crippen molar-refractivity contribution in [3.8, 4) is 5.75 Å². The summed E-state index contributed by atoms with van der Waals surface area (Å²) in [6.45, 7) is 7.12. The van der Waals surface area contributed by atoms with Crippen molar-refractivity contribution in [2.75, 3.05) is 6.61 Å². The topological polar surface area (TPSA) is 75.6 Å². The van der Waals surface area contributed by atoms with Gasteiger partial charge in [-0.2, -0.15) is 0 Å². The number of nitrogens with one attached hydrogen (secondary N) is 1. The van der Waals surface area contributed by atoms with E-state index >= 15 is 0 Å². The number of benzene rings is 2. The van der Waals surface area contributed by atoms with Crippen molar-refractivity contribution >= 4 is 11.9 Å². The minimum Gasteiger partial charge on any atom is -0.493 e. The molecule has 0 radical (unpaired) electrons. The number of aryl methyl sites for hydroxylation is 1. The summed E-state index contributed by atoms with van der Waals surface area (Å²) in [5, 5.41) is 11.7. The van der Waals surface area contributed by atoms with Gasteiger partial charge in [0.1, 0.15) is 5.75 Å². The van der Waals surface area contributed by atoms with Gasteiger partial charge in [0.15, 0.2) is 0 Å². The summed E-state index contributed by atoms with van der Waals surface area (Å²) in [7, 11) is 0. The van der Waals surface area contributed by atoms with Crippen LogP contribution >= 0.6 is 0 Å². The zero-order chi connectivity index (χ0) is 21.2. The Kier molecular flexibility index (Phi) is 8.71. The van der Waals surface area contributed by atoms with E-state index in [2.05, 4.69) is 25.2 Å². The maximum Gasteiger partial charge on any atom is 0.303 e. The monoisotopic (exact) mass is 397 g/mol. The number of hydrogen-bond acceptors (Lipinski definition) is 3. The smallest absolute Gasteiger partial charge is 0.303 e. The van der Waals surface area contributed by atoms with E-state index in [0.717, 1.165) is 35.3 Å². The fourth-order valence-corrected chi connectivity index (χ4v) is 3.17. The molecule has 0 fully saturated rings. The van der Waals surface area contributed by atoms with Crippen molar-refractivity contribution in [2.24, 2.45) is 0 Å². The largest absolute Gasteiger partial charge is 0.493 e. The van der Waals surface area contributed by atoms with Crippen molar-refractivity contribution < 1.29 is 19.4 Å². The van der Waals surface area contributed by atoms with E-state index in [4.69, 9.17) is 9.84 Å². The molecule has 0 aliphatic heterocycles. The quantitative estimate of drug-likeness (QED) is 0.519. The molecule has 0 aliphatic rings. The molecule has 1 amide bonds. The summed E-state index contributed by atoms with van der Waals surface area (Å²) >= 11 is 0. The van der Waals surface area contributed by atoms with Crippen LogP contribution in [0.15, 0.2) is 42.5 Å². The van der Waals surface area contributed by atoms with Crippen molar-refractivity contribution in [2.45, 2.75) is 58.9 Å². The molecule has 29 heavy (non-hydrogen) atoms. The van der Waals surface area contributed by atoms with Gasteiger partial charge in [-0.1, -0.05) is 49.7 Å². The number of rotatable bonds is 11. The van der Waals surface area contributed by atoms with Gasteiger partial charge in [-0.05, 0) is 49.8 Å². The van der Waals surface area contributed by atoms with E-state index in [0.29, 0.717) is 25.1 Å². The molecule has 0 bridgehead atoms. The molecule has 2 rings (SSSR count). The molecule has 2 N–H and O–H groups in total. The van der Waals surface area contributed by atoms with Gasteiger partial charge in [-0.3, -0.25) is 9.59 Å². The van der Waals surface area contributed by atoms with Crippen LogP contribution in [0, 0.1) is 6.92 Å². The maximum absolute atomic E-state index is 12.8. The third kappa shape index (κ3) is 7.26. The Hall–Kier alpha value is -2.82. The first-order valence-electron chi connectivity index (χ1n) is 10.2. The summed E-state index contributed by atoms with van der Waals surface area (Å²) < 4.78 is 5.86. The number of unbranched alkanes of at least 4 members (excludes halogenated alkanes) is 2. The summed E-state index contributed by atoms with van der Waals surface area (Å²) in [4.78, 5) is 23.3. The normalized spacial score (nSPS) is 10.8. The van der Waals surface area contributed by atoms with Crippen LogP contribution in [0.2, 0.25) is 0 Å². The van der Waals surface area contributed by atoms with Gasteiger partial charge in [0.05, 0.1) is 6.61 Å². The molecule has 0 atom stereocenters. The molecule has 0 heterocycles. The van der Waals surface area contributed by atoms with E-state index in [1.807, 2.05) is 43.3 Å². The van der Waals surface area contributed by atoms with E-state index in [-0.39, 0.29) is 18.2 Å². The van der Waals surface area contributed by atoms with Crippen molar-refractivity contribution in [3.63, 3.8) is 0 Å². The van der Waals surface area contributed by atoms with E-state index in [1.54, 1.807) is 0 Å². The highest BCUT2D eigenvalue weighted by Gasteiger charge is 2.14. The number of amides is 1. The van der Waals surface area contributed by atoms with Gasteiger partial charge in [-0.25, -0.2) is 0 Å². The summed E-state index contributed by atoms with van der Waals surface area (Å²) in [5.41, 5.74) is 3.83. The molecular weight excluding hydrogens is 366 g/mol. The molecule has 0 saturated carbocycles. The van der Waals surface area contributed by atoms with Crippen LogP contribution in [0.25, 0.3) is 0 Å². The first-order chi connectivity index (χ1) is 13.9. The number of hydrogen-bond donors (Lipinski definition) is 2. The minimum absolute atomic E-state index is 0.0860. The molecule has 5 nitrogen and oxygen atoms in total. The van der Waals surface area contributed by atoms with E-state index in [1.165, 1.54) is 0 Å². The highest BCUT2D eigenvalue weighted by Crippen LogP contribution is 2.22. The predicted molar refractivity (Wildman–Crippen MR) is 114 cm³/mol. The fourth-order valence-electron chi connectivity index (χ4n) is 3.17. The second-order valence-electron chi connectivity index (χ2n) is 7.59. The Bertz CT molecular complexity index is 829. The number of carbonyl (C=O) groups is 2. The van der Waals surface area contributed by atoms with Gasteiger partial charge >= 0.3 is 5.97 Å². The van der Waals surface area contributed by atoms with Crippen LogP contribution in [-0.4, -0.2) is 23.6 Å². The average Bonchev–Trinajstić information content (AvgIpc) is 2.69. The third-order valence-electron chi connectivity index (χ3n) is 4.78. The van der Waals surface area contributed by atoms with Crippen molar-refractivity contribution in [3.05, 3.63) is 64.7 Å². The first-order valence-corrected chi connectivity index (χ1v) is 10.2. The highest BCUT2D eigenvalue weighted by molar-refractivity contribution is 5.96. The van der Waals surface area contributed by atoms with Crippen molar-refractivity contribution in [1.29, 1.82) is 0 Å². The second-order valence-corrected chi connectivity index (χ2v) is 7.59. The molecule has 156 valence electrons. The molecule has 0 aliphatic carbocycles. The second kappa shape index (κ2) is 11.2. The molecule has 0 aromatic heterocycles. The van der Waals surface area contributed by atoms with E-state index < -0.39 is 5.97 Å². The Morgan fingerprint density at radius 1 is 1.07 bits per heavy atom. The molecule has 2 aromatic carbocycles. The highest BCUT2D eigenvalue weighted by atomic mass is 16.5. The lowest BCUT2D eigenvalue weighted by atomic mass is 9.95. The third-order valence-corrected chi connectivity index (χ3v) is 4.78. The SMILES string of the molecule is Cc1ccc(C(=O)NCc2ccccc2OCCCCCC(=O)O)c(C(C)C)c1. The van der Waals surface area contributed by atoms with Gasteiger partial charge in [0.25, 0.3) is 5.91 Å². The minimum atomic E-state index is -0.763. The van der Waals surface area contributed by atoms with Crippen molar-refractivity contribution in [1.82, 2.24) is 5.32 Å². The van der Waals surface area contributed by atoms with Crippen LogP contribution in [0.4, 0.5) is 0 Å². The molecule has 2 aromatic rings. The van der Waals surface area contributed by atoms with Gasteiger partial charge in [0, 0.05) is 24.1 Å². The first kappa shape index (κ1) is 22.5. The lowest BCUT2D eigenvalue weighted by Gasteiger charge is -2.15. The standard InChI is InChI=1S/C24H31NO4/c1-17(2)21-15-18(3)12-13-20(21)24(28)25-16-19-9-6-7-10-22(19)29-14-8-4-5-11-23(26)27/h6-7,9-10,12-13,15,17H,4-5,8,11,14,16H2,1-3H3,(H,25,28)(H,26,27). The Balaban J connectivity index is 1.93. The Morgan fingerprint density at radius 3 is 2.55 bits per heavy atom. The van der Waals surface area contributed by atoms with Crippen LogP contribution in [0.5, 0.6) is 5.75 Å².